The summed E-state index contributed by atoms with van der Waals surface area (Å²) in [5.41, 5.74) is 3.47. The molecule has 0 aromatic carbocycles. The van der Waals surface area contributed by atoms with Gasteiger partial charge < -0.3 is 19.1 Å². The Hall–Kier alpha value is -2.88. The smallest absolute Gasteiger partial charge is 0.341 e. The van der Waals surface area contributed by atoms with E-state index in [1.54, 1.807) is 25.4 Å². The van der Waals surface area contributed by atoms with Gasteiger partial charge in [-0.1, -0.05) is 64.7 Å². The van der Waals surface area contributed by atoms with Crippen LogP contribution >= 0.6 is 23.2 Å². The van der Waals surface area contributed by atoms with Crippen LogP contribution < -0.4 is 0 Å². The molecule has 0 aliphatic rings. The highest BCUT2D eigenvalue weighted by Crippen LogP contribution is 2.44. The fourth-order valence-corrected chi connectivity index (χ4v) is 12.8. The minimum absolute atomic E-state index is 0.0220. The van der Waals surface area contributed by atoms with E-state index in [-0.39, 0.29) is 10.6 Å². The summed E-state index contributed by atoms with van der Waals surface area (Å²) >= 11 is 12.4. The predicted octanol–water partition coefficient (Wildman–Crippen LogP) is 7.80. The van der Waals surface area contributed by atoms with Crippen LogP contribution in [0, 0.1) is 0 Å². The molecule has 2 N–H and O–H groups in total. The Balaban J connectivity index is 0.000000256. The third-order valence-corrected chi connectivity index (χ3v) is 14.6. The summed E-state index contributed by atoms with van der Waals surface area (Å²) in [6.45, 7) is 16.0. The molecule has 0 saturated carbocycles. The molecule has 4 aromatic rings. The van der Waals surface area contributed by atoms with Gasteiger partial charge in [0.15, 0.2) is 8.24 Å². The molecule has 11 heteroatoms. The first-order valence-electron chi connectivity index (χ1n) is 12.6. The summed E-state index contributed by atoms with van der Waals surface area (Å²) in [7, 11) is -1.92. The van der Waals surface area contributed by atoms with Gasteiger partial charge in [0, 0.05) is 29.4 Å². The second-order valence-electron chi connectivity index (χ2n) is 10.0. The number of aromatic carboxylic acids is 1. The third-order valence-electron chi connectivity index (χ3n) is 7.09. The number of carboxylic acid groups (broad SMARTS) is 1. The van der Waals surface area contributed by atoms with E-state index in [4.69, 9.17) is 33.0 Å². The lowest BCUT2D eigenvalue weighted by atomic mass is 10.2. The van der Waals surface area contributed by atoms with E-state index in [1.165, 1.54) is 6.20 Å². The molecule has 4 heterocycles. The van der Waals surface area contributed by atoms with Crippen LogP contribution in [0.25, 0.3) is 22.1 Å². The summed E-state index contributed by atoms with van der Waals surface area (Å²) in [6.07, 6.45) is 6.57. The van der Waals surface area contributed by atoms with Gasteiger partial charge in [0.05, 0.1) is 27.8 Å². The molecule has 0 aliphatic heterocycles. The van der Waals surface area contributed by atoms with Gasteiger partial charge in [-0.3, -0.25) is 0 Å². The zero-order valence-corrected chi connectivity index (χ0v) is 25.2. The first kappa shape index (κ1) is 29.7. The summed E-state index contributed by atoms with van der Waals surface area (Å²) in [5, 5.41) is 10.8. The zero-order valence-electron chi connectivity index (χ0n) is 22.7. The SMILES string of the molecule is CCOC(=O)c1cnc2c(ccn2[Si](C(C)C)(C(C)C)C(C)C)c1Cl.O=C(O)c1cnc2[nH]ccc2c1Cl. The highest BCUT2D eigenvalue weighted by atomic mass is 35.5. The van der Waals surface area contributed by atoms with Crippen molar-refractivity contribution in [2.24, 2.45) is 0 Å². The molecule has 4 rings (SSSR count). The Morgan fingerprint density at radius 3 is 2.11 bits per heavy atom. The molecule has 8 nitrogen and oxygen atoms in total. The number of halogens is 2. The fourth-order valence-electron chi connectivity index (χ4n) is 5.68. The van der Waals surface area contributed by atoms with Crippen molar-refractivity contribution in [2.75, 3.05) is 6.61 Å². The number of nitrogens with zero attached hydrogens (tertiary/aromatic N) is 3. The maximum atomic E-state index is 12.1. The minimum Gasteiger partial charge on any atom is -0.478 e. The van der Waals surface area contributed by atoms with E-state index < -0.39 is 20.2 Å². The topological polar surface area (TPSA) is 110 Å². The van der Waals surface area contributed by atoms with Gasteiger partial charge >= 0.3 is 11.9 Å². The number of aromatic amines is 1. The van der Waals surface area contributed by atoms with E-state index in [1.807, 2.05) is 6.07 Å². The molecular formula is C27H34Cl2N4O4Si. The third kappa shape index (κ3) is 5.19. The Labute approximate surface area is 233 Å². The minimum atomic E-state index is -1.92. The van der Waals surface area contributed by atoms with Gasteiger partial charge in [-0.15, -0.1) is 0 Å². The van der Waals surface area contributed by atoms with Crippen LogP contribution in [-0.2, 0) is 4.74 Å². The first-order valence-corrected chi connectivity index (χ1v) is 15.5. The van der Waals surface area contributed by atoms with Crippen LogP contribution in [0.15, 0.2) is 36.9 Å². The number of nitrogens with one attached hydrogen (secondary N) is 1. The number of H-pyrrole nitrogens is 1. The van der Waals surface area contributed by atoms with Crippen LogP contribution in [-0.4, -0.2) is 51.1 Å². The molecule has 0 unspecified atom stereocenters. The number of carbonyl (C=O) groups excluding carboxylic acids is 1. The molecule has 4 aromatic heterocycles. The number of fused-ring (bicyclic) bond motifs is 2. The van der Waals surface area contributed by atoms with Crippen molar-refractivity contribution in [3.63, 3.8) is 0 Å². The average molecular weight is 578 g/mol. The maximum absolute atomic E-state index is 12.1. The van der Waals surface area contributed by atoms with Crippen molar-refractivity contribution in [2.45, 2.75) is 65.1 Å². The summed E-state index contributed by atoms with van der Waals surface area (Å²) in [4.78, 5) is 34.1. The summed E-state index contributed by atoms with van der Waals surface area (Å²) in [6, 6.07) is 3.68. The number of aromatic nitrogens is 4. The lowest BCUT2D eigenvalue weighted by Crippen LogP contribution is -2.51. The van der Waals surface area contributed by atoms with E-state index >= 15 is 0 Å². The largest absolute Gasteiger partial charge is 0.478 e. The van der Waals surface area contributed by atoms with Crippen molar-refractivity contribution in [3.8, 4) is 0 Å². The Morgan fingerprint density at radius 1 is 0.974 bits per heavy atom. The van der Waals surface area contributed by atoms with Crippen molar-refractivity contribution in [1.82, 2.24) is 19.2 Å². The summed E-state index contributed by atoms with van der Waals surface area (Å²) in [5.74, 6) is -1.49. The predicted molar refractivity (Wildman–Crippen MR) is 155 cm³/mol. The second kappa shape index (κ2) is 11.9. The van der Waals surface area contributed by atoms with Gasteiger partial charge in [0.1, 0.15) is 11.3 Å². The summed E-state index contributed by atoms with van der Waals surface area (Å²) < 4.78 is 7.48. The van der Waals surface area contributed by atoms with E-state index in [9.17, 15) is 9.59 Å². The van der Waals surface area contributed by atoms with E-state index in [2.05, 4.69) is 66.9 Å². The lowest BCUT2D eigenvalue weighted by molar-refractivity contribution is 0.0525. The number of esters is 1. The molecular weight excluding hydrogens is 543 g/mol. The van der Waals surface area contributed by atoms with Gasteiger partial charge in [0.2, 0.25) is 0 Å². The molecule has 0 atom stereocenters. The number of hydrogen-bond acceptors (Lipinski definition) is 5. The molecule has 204 valence electrons. The molecule has 0 aliphatic carbocycles. The van der Waals surface area contributed by atoms with Crippen LogP contribution in [0.2, 0.25) is 26.7 Å². The van der Waals surface area contributed by atoms with Crippen molar-refractivity contribution in [3.05, 3.63) is 58.1 Å². The Bertz CT molecular complexity index is 1440. The molecule has 0 saturated heterocycles. The number of ether oxygens (including phenoxy) is 1. The Morgan fingerprint density at radius 2 is 1.55 bits per heavy atom. The molecule has 0 fully saturated rings. The number of hydrogen-bond donors (Lipinski definition) is 2. The number of carboxylic acids is 1. The molecule has 0 spiro atoms. The highest BCUT2D eigenvalue weighted by molar-refractivity contribution is 6.82. The van der Waals surface area contributed by atoms with Gasteiger partial charge in [-0.25, -0.2) is 19.6 Å². The molecule has 38 heavy (non-hydrogen) atoms. The van der Waals surface area contributed by atoms with Gasteiger partial charge in [-0.2, -0.15) is 0 Å². The van der Waals surface area contributed by atoms with Crippen LogP contribution in [0.4, 0.5) is 0 Å². The van der Waals surface area contributed by atoms with Crippen molar-refractivity contribution in [1.29, 1.82) is 0 Å². The molecule has 0 radical (unpaired) electrons. The van der Waals surface area contributed by atoms with Crippen LogP contribution in [0.1, 0.15) is 69.2 Å². The standard InChI is InChI=1S/C19H29ClN2O2Si.C8H5ClN2O2/c1-8-24-19(23)16-11-21-18-15(17(16)20)9-10-22(18)25(12(2)3,13(4)5)14(6)7;9-6-4-1-2-10-7(4)11-3-5(6)8(12)13/h9-14H,8H2,1-7H3;1-3H,(H,10,11)(H,12,13). The van der Waals surface area contributed by atoms with Gasteiger partial charge in [-0.05, 0) is 41.9 Å². The molecule has 0 bridgehead atoms. The van der Waals surface area contributed by atoms with Crippen LogP contribution in [0.3, 0.4) is 0 Å². The Kier molecular flexibility index (Phi) is 9.28. The maximum Gasteiger partial charge on any atom is 0.341 e. The zero-order chi connectivity index (χ0) is 28.4. The monoisotopic (exact) mass is 576 g/mol. The quantitative estimate of drug-likeness (QED) is 0.171. The second-order valence-corrected chi connectivity index (χ2v) is 16.5. The van der Waals surface area contributed by atoms with Crippen molar-refractivity contribution < 1.29 is 19.4 Å². The number of rotatable bonds is 7. The van der Waals surface area contributed by atoms with E-state index in [0.717, 1.165) is 11.0 Å². The lowest BCUT2D eigenvalue weighted by Gasteiger charge is -2.44. The van der Waals surface area contributed by atoms with E-state index in [0.29, 0.717) is 44.8 Å². The fraction of sp³-hybridized carbons (Fsp3) is 0.407. The molecule has 0 amide bonds. The highest BCUT2D eigenvalue weighted by Gasteiger charge is 2.46. The van der Waals surface area contributed by atoms with Gasteiger partial charge in [0.25, 0.3) is 0 Å². The number of pyridine rings is 2. The number of carbonyl (C=O) groups is 2. The normalized spacial score (nSPS) is 11.9. The average Bonchev–Trinajstić information content (AvgIpc) is 3.48. The first-order chi connectivity index (χ1) is 17.9. The van der Waals surface area contributed by atoms with Crippen molar-refractivity contribution >= 4 is 65.4 Å². The van der Waals surface area contributed by atoms with Crippen LogP contribution in [0.5, 0.6) is 0 Å².